The molecule has 1 unspecified atom stereocenters. The second-order valence-electron chi connectivity index (χ2n) is 7.07. The molecule has 0 saturated carbocycles. The molecule has 7 nitrogen and oxygen atoms in total. The van der Waals surface area contributed by atoms with Crippen LogP contribution in [0.25, 0.3) is 5.70 Å². The fourth-order valence-corrected chi connectivity index (χ4v) is 3.70. The van der Waals surface area contributed by atoms with Gasteiger partial charge in [0.25, 0.3) is 5.91 Å². The third kappa shape index (κ3) is 3.16. The normalized spacial score (nSPS) is 19.4. The van der Waals surface area contributed by atoms with Gasteiger partial charge < -0.3 is 10.2 Å². The molecule has 7 heteroatoms. The van der Waals surface area contributed by atoms with Crippen molar-refractivity contribution in [1.29, 1.82) is 0 Å². The average molecular weight is 383 g/mol. The Balaban J connectivity index is 1.32. The third-order valence-corrected chi connectivity index (χ3v) is 5.24. The molecule has 29 heavy (non-hydrogen) atoms. The first-order valence-electron chi connectivity index (χ1n) is 9.32. The zero-order valence-electron chi connectivity index (χ0n) is 15.4. The molecule has 1 aromatic heterocycles. The number of nitrogens with zero attached hydrogens (tertiary/aromatic N) is 4. The molecule has 0 saturated heterocycles. The quantitative estimate of drug-likeness (QED) is 0.848. The number of amides is 3. The second kappa shape index (κ2) is 6.94. The van der Waals surface area contributed by atoms with E-state index in [2.05, 4.69) is 20.5 Å². The van der Waals surface area contributed by atoms with E-state index in [-0.39, 0.29) is 17.9 Å². The molecule has 1 atom stereocenters. The fraction of sp³-hybridized carbons (Fsp3) is 0.136. The van der Waals surface area contributed by atoms with Crippen molar-refractivity contribution in [3.05, 3.63) is 89.3 Å². The molecule has 3 amide bonds. The minimum absolute atomic E-state index is 0.153. The number of pyridine rings is 1. The SMILES string of the molecule is O=C1N=NC(c2ccc(NC(=O)N3Cc4ccncc4C3)cc2)=C2C=CC=CC12. The largest absolute Gasteiger partial charge is 0.322 e. The van der Waals surface area contributed by atoms with E-state index in [0.717, 1.165) is 22.3 Å². The molecular formula is C22H17N5O2. The topological polar surface area (TPSA) is 87.0 Å². The van der Waals surface area contributed by atoms with Crippen LogP contribution in [-0.2, 0) is 17.9 Å². The molecule has 0 bridgehead atoms. The van der Waals surface area contributed by atoms with E-state index in [4.69, 9.17) is 0 Å². The number of anilines is 1. The van der Waals surface area contributed by atoms with Crippen LogP contribution in [0.15, 0.2) is 82.8 Å². The number of carbonyl (C=O) groups excluding carboxylic acids is 2. The van der Waals surface area contributed by atoms with Crippen LogP contribution in [-0.4, -0.2) is 21.8 Å². The summed E-state index contributed by atoms with van der Waals surface area (Å²) in [5, 5.41) is 10.8. The van der Waals surface area contributed by atoms with Crippen molar-refractivity contribution in [2.75, 3.05) is 5.32 Å². The number of carbonyl (C=O) groups is 2. The lowest BCUT2D eigenvalue weighted by Crippen LogP contribution is -2.30. The van der Waals surface area contributed by atoms with E-state index in [1.165, 1.54) is 0 Å². The van der Waals surface area contributed by atoms with Gasteiger partial charge >= 0.3 is 6.03 Å². The first-order chi connectivity index (χ1) is 14.2. The number of fused-ring (bicyclic) bond motifs is 2. The number of hydrogen-bond donors (Lipinski definition) is 1. The zero-order chi connectivity index (χ0) is 19.8. The molecule has 2 aliphatic heterocycles. The van der Waals surface area contributed by atoms with Crippen molar-refractivity contribution in [2.45, 2.75) is 13.1 Å². The van der Waals surface area contributed by atoms with Crippen molar-refractivity contribution >= 4 is 23.3 Å². The van der Waals surface area contributed by atoms with Crippen LogP contribution < -0.4 is 5.32 Å². The Kier molecular flexibility index (Phi) is 4.13. The molecule has 0 spiro atoms. The van der Waals surface area contributed by atoms with Crippen molar-refractivity contribution in [2.24, 2.45) is 16.1 Å². The van der Waals surface area contributed by atoms with Crippen molar-refractivity contribution in [1.82, 2.24) is 9.88 Å². The minimum atomic E-state index is -0.377. The van der Waals surface area contributed by atoms with Gasteiger partial charge in [0, 0.05) is 36.7 Å². The number of aromatic nitrogens is 1. The summed E-state index contributed by atoms with van der Waals surface area (Å²) in [5.41, 5.74) is 5.26. The monoisotopic (exact) mass is 383 g/mol. The van der Waals surface area contributed by atoms with Crippen LogP contribution in [0.1, 0.15) is 16.7 Å². The van der Waals surface area contributed by atoms with Crippen LogP contribution >= 0.6 is 0 Å². The highest BCUT2D eigenvalue weighted by Gasteiger charge is 2.28. The van der Waals surface area contributed by atoms with Gasteiger partial charge in [0.2, 0.25) is 0 Å². The molecular weight excluding hydrogens is 366 g/mol. The summed E-state index contributed by atoms with van der Waals surface area (Å²) in [6.45, 7) is 1.13. The Hall–Kier alpha value is -3.87. The highest BCUT2D eigenvalue weighted by atomic mass is 16.2. The Morgan fingerprint density at radius 2 is 1.86 bits per heavy atom. The standard InChI is InChI=1S/C22H17N5O2/c28-21-19-4-2-1-3-18(19)20(25-26-21)14-5-7-17(8-6-14)24-22(29)27-12-15-9-10-23-11-16(15)13-27/h1-11,19H,12-13H2,(H,24,29). The summed E-state index contributed by atoms with van der Waals surface area (Å²) in [6, 6.07) is 9.19. The number of nitrogens with one attached hydrogen (secondary N) is 1. The molecule has 0 radical (unpaired) electrons. The lowest BCUT2D eigenvalue weighted by molar-refractivity contribution is -0.119. The summed E-state index contributed by atoms with van der Waals surface area (Å²) in [5.74, 6) is -0.631. The molecule has 1 aliphatic carbocycles. The van der Waals surface area contributed by atoms with Crippen molar-refractivity contribution in [3.8, 4) is 0 Å². The summed E-state index contributed by atoms with van der Waals surface area (Å²) in [4.78, 5) is 30.4. The van der Waals surface area contributed by atoms with Crippen LogP contribution in [0.3, 0.4) is 0 Å². The first kappa shape index (κ1) is 17.2. The van der Waals surface area contributed by atoms with E-state index in [9.17, 15) is 9.59 Å². The predicted octanol–water partition coefficient (Wildman–Crippen LogP) is 4.08. The van der Waals surface area contributed by atoms with Gasteiger partial charge in [0.1, 0.15) is 0 Å². The Labute approximate surface area is 167 Å². The molecule has 2 aromatic rings. The van der Waals surface area contributed by atoms with E-state index < -0.39 is 0 Å². The average Bonchev–Trinajstić information content (AvgIpc) is 3.20. The van der Waals surface area contributed by atoms with E-state index in [0.29, 0.717) is 24.5 Å². The van der Waals surface area contributed by atoms with Crippen LogP contribution in [0.2, 0.25) is 0 Å². The lowest BCUT2D eigenvalue weighted by Gasteiger charge is -2.20. The van der Waals surface area contributed by atoms with Gasteiger partial charge in [0.05, 0.1) is 11.6 Å². The highest BCUT2D eigenvalue weighted by Crippen LogP contribution is 2.34. The Bertz CT molecular complexity index is 1100. The maximum absolute atomic E-state index is 12.6. The number of allylic oxidation sites excluding steroid dienone is 3. The number of azo groups is 1. The first-order valence-corrected chi connectivity index (χ1v) is 9.32. The van der Waals surface area contributed by atoms with Crippen LogP contribution in [0.5, 0.6) is 0 Å². The molecule has 3 heterocycles. The number of urea groups is 1. The van der Waals surface area contributed by atoms with Gasteiger partial charge in [-0.05, 0) is 34.9 Å². The number of hydrogen-bond acceptors (Lipinski definition) is 4. The smallest absolute Gasteiger partial charge is 0.316 e. The molecule has 1 aromatic carbocycles. The summed E-state index contributed by atoms with van der Waals surface area (Å²) in [6.07, 6.45) is 11.0. The molecule has 142 valence electrons. The van der Waals surface area contributed by atoms with Crippen LogP contribution in [0, 0.1) is 5.92 Å². The third-order valence-electron chi connectivity index (χ3n) is 5.24. The maximum Gasteiger partial charge on any atom is 0.322 e. The van der Waals surface area contributed by atoms with Gasteiger partial charge in [-0.3, -0.25) is 9.78 Å². The van der Waals surface area contributed by atoms with E-state index in [1.807, 2.05) is 54.6 Å². The maximum atomic E-state index is 12.6. The lowest BCUT2D eigenvalue weighted by atomic mass is 9.89. The summed E-state index contributed by atoms with van der Waals surface area (Å²) in [7, 11) is 0. The van der Waals surface area contributed by atoms with E-state index in [1.54, 1.807) is 17.3 Å². The van der Waals surface area contributed by atoms with Gasteiger partial charge in [0.15, 0.2) is 0 Å². The summed E-state index contributed by atoms with van der Waals surface area (Å²) >= 11 is 0. The molecule has 5 rings (SSSR count). The summed E-state index contributed by atoms with van der Waals surface area (Å²) < 4.78 is 0. The van der Waals surface area contributed by atoms with E-state index >= 15 is 0 Å². The predicted molar refractivity (Wildman–Crippen MR) is 107 cm³/mol. The number of benzene rings is 1. The van der Waals surface area contributed by atoms with Crippen LogP contribution in [0.4, 0.5) is 10.5 Å². The molecule has 0 fully saturated rings. The Morgan fingerprint density at radius 3 is 2.69 bits per heavy atom. The van der Waals surface area contributed by atoms with Gasteiger partial charge in [-0.15, -0.1) is 10.2 Å². The second-order valence-corrected chi connectivity index (χ2v) is 7.07. The molecule has 3 aliphatic rings. The Morgan fingerprint density at radius 1 is 1.03 bits per heavy atom. The van der Waals surface area contributed by atoms with Crippen molar-refractivity contribution in [3.63, 3.8) is 0 Å². The van der Waals surface area contributed by atoms with Gasteiger partial charge in [-0.25, -0.2) is 4.79 Å². The molecule has 1 N–H and O–H groups in total. The van der Waals surface area contributed by atoms with Crippen molar-refractivity contribution < 1.29 is 9.59 Å². The van der Waals surface area contributed by atoms with Gasteiger partial charge in [-0.1, -0.05) is 36.4 Å². The zero-order valence-corrected chi connectivity index (χ0v) is 15.4. The number of rotatable bonds is 2. The minimum Gasteiger partial charge on any atom is -0.316 e. The highest BCUT2D eigenvalue weighted by molar-refractivity contribution is 5.92. The fourth-order valence-electron chi connectivity index (χ4n) is 3.70. The van der Waals surface area contributed by atoms with Gasteiger partial charge in [-0.2, -0.15) is 0 Å².